The van der Waals surface area contributed by atoms with Gasteiger partial charge in [-0.25, -0.2) is 0 Å². The summed E-state index contributed by atoms with van der Waals surface area (Å²) in [6.45, 7) is 4.64. The van der Waals surface area contributed by atoms with Crippen LogP contribution in [0, 0.1) is 6.92 Å². The van der Waals surface area contributed by atoms with Crippen LogP contribution in [0.25, 0.3) is 0 Å². The van der Waals surface area contributed by atoms with Gasteiger partial charge in [-0.15, -0.1) is 0 Å². The third kappa shape index (κ3) is 5.86. The highest BCUT2D eigenvalue weighted by Crippen LogP contribution is 2.27. The van der Waals surface area contributed by atoms with Crippen LogP contribution in [-0.4, -0.2) is 45.4 Å². The maximum absolute atomic E-state index is 11.9. The first-order chi connectivity index (χ1) is 13.4. The quantitative estimate of drug-likeness (QED) is 0.624. The molecule has 0 bridgehead atoms. The minimum Gasteiger partial charge on any atom is -0.376 e. The zero-order valence-corrected chi connectivity index (χ0v) is 16.8. The number of rotatable bonds is 9. The molecule has 1 fully saturated rings. The monoisotopic (exact) mass is 405 g/mol. The average Bonchev–Trinajstić information content (AvgIpc) is 3.18. The number of hydrogen-bond donors (Lipinski definition) is 2. The van der Waals surface area contributed by atoms with E-state index in [2.05, 4.69) is 5.32 Å². The van der Waals surface area contributed by atoms with Gasteiger partial charge in [0.2, 0.25) is 0 Å². The molecule has 6 nitrogen and oxygen atoms in total. The fraction of sp³-hybridized carbons (Fsp3) is 0.429. The fourth-order valence-electron chi connectivity index (χ4n) is 3.37. The first kappa shape index (κ1) is 21.0. The first-order valence-corrected chi connectivity index (χ1v) is 10.9. The lowest BCUT2D eigenvalue weighted by Crippen LogP contribution is -2.23. The summed E-state index contributed by atoms with van der Waals surface area (Å²) in [4.78, 5) is -0.0837. The van der Waals surface area contributed by atoms with Gasteiger partial charge in [0.1, 0.15) is 0 Å². The van der Waals surface area contributed by atoms with E-state index in [0.29, 0.717) is 25.4 Å². The maximum Gasteiger partial charge on any atom is 0.294 e. The summed E-state index contributed by atoms with van der Waals surface area (Å²) >= 11 is 0. The third-order valence-electron chi connectivity index (χ3n) is 4.86. The highest BCUT2D eigenvalue weighted by Gasteiger charge is 2.25. The van der Waals surface area contributed by atoms with Crippen molar-refractivity contribution in [3.63, 3.8) is 0 Å². The van der Waals surface area contributed by atoms with Crippen molar-refractivity contribution in [2.24, 2.45) is 0 Å². The number of hydrogen-bond acceptors (Lipinski definition) is 5. The van der Waals surface area contributed by atoms with Crippen molar-refractivity contribution in [3.05, 3.63) is 65.2 Å². The Morgan fingerprint density at radius 3 is 2.64 bits per heavy atom. The number of ether oxygens (including phenoxy) is 2. The Hall–Kier alpha value is -1.77. The van der Waals surface area contributed by atoms with Gasteiger partial charge in [-0.1, -0.05) is 48.0 Å². The molecule has 0 spiro atoms. The van der Waals surface area contributed by atoms with Crippen molar-refractivity contribution in [2.45, 2.75) is 36.9 Å². The lowest BCUT2D eigenvalue weighted by atomic mass is 9.98. The molecule has 0 saturated carbocycles. The molecule has 0 aromatic heterocycles. The highest BCUT2D eigenvalue weighted by atomic mass is 32.2. The molecule has 1 saturated heterocycles. The van der Waals surface area contributed by atoms with Crippen molar-refractivity contribution in [2.75, 3.05) is 26.3 Å². The molecule has 1 aliphatic heterocycles. The second kappa shape index (κ2) is 9.62. The van der Waals surface area contributed by atoms with Crippen LogP contribution in [0.5, 0.6) is 0 Å². The van der Waals surface area contributed by atoms with E-state index in [-0.39, 0.29) is 16.9 Å². The Morgan fingerprint density at radius 1 is 1.18 bits per heavy atom. The Bertz CT molecular complexity index is 864. The molecule has 3 rings (SSSR count). The molecule has 1 unspecified atom stereocenters. The van der Waals surface area contributed by atoms with Crippen LogP contribution in [0.2, 0.25) is 0 Å². The minimum atomic E-state index is -4.33. The molecule has 28 heavy (non-hydrogen) atoms. The topological polar surface area (TPSA) is 84.9 Å². The van der Waals surface area contributed by atoms with Crippen molar-refractivity contribution >= 4 is 10.1 Å². The molecule has 2 aromatic rings. The number of benzene rings is 2. The predicted molar refractivity (Wildman–Crippen MR) is 107 cm³/mol. The summed E-state index contributed by atoms with van der Waals surface area (Å²) in [6, 6.07) is 14.7. The molecule has 1 heterocycles. The predicted octanol–water partition coefficient (Wildman–Crippen LogP) is 2.92. The molecule has 152 valence electrons. The summed E-state index contributed by atoms with van der Waals surface area (Å²) in [6.07, 6.45) is 1.03. The molecule has 2 atom stereocenters. The number of nitrogens with one attached hydrogen (secondary N) is 1. The maximum atomic E-state index is 11.9. The zero-order chi connectivity index (χ0) is 20.0. The summed E-state index contributed by atoms with van der Waals surface area (Å²) in [7, 11) is -4.33. The van der Waals surface area contributed by atoms with Crippen LogP contribution < -0.4 is 5.32 Å². The van der Waals surface area contributed by atoms with Crippen molar-refractivity contribution in [1.82, 2.24) is 5.32 Å². The highest BCUT2D eigenvalue weighted by molar-refractivity contribution is 7.85. The van der Waals surface area contributed by atoms with Gasteiger partial charge < -0.3 is 14.8 Å². The second-order valence-corrected chi connectivity index (χ2v) is 8.55. The van der Waals surface area contributed by atoms with Gasteiger partial charge in [0.25, 0.3) is 10.1 Å². The van der Waals surface area contributed by atoms with E-state index in [4.69, 9.17) is 9.47 Å². The Kier molecular flexibility index (Phi) is 7.20. The van der Waals surface area contributed by atoms with Crippen molar-refractivity contribution in [3.8, 4) is 0 Å². The minimum absolute atomic E-state index is 0.0837. The Morgan fingerprint density at radius 2 is 1.96 bits per heavy atom. The molecular weight excluding hydrogens is 378 g/mol. The molecule has 0 amide bonds. The summed E-state index contributed by atoms with van der Waals surface area (Å²) < 4.78 is 45.3. The van der Waals surface area contributed by atoms with Gasteiger partial charge >= 0.3 is 0 Å². The Labute approximate surface area is 166 Å². The van der Waals surface area contributed by atoms with E-state index in [0.717, 1.165) is 30.6 Å². The van der Waals surface area contributed by atoms with E-state index >= 15 is 0 Å². The zero-order valence-electron chi connectivity index (χ0n) is 16.0. The molecule has 0 radical (unpaired) electrons. The van der Waals surface area contributed by atoms with Crippen molar-refractivity contribution < 1.29 is 22.4 Å². The number of aryl methyl sites for hydroxylation is 1. The molecule has 2 N–H and O–H groups in total. The van der Waals surface area contributed by atoms with E-state index in [1.54, 1.807) is 12.1 Å². The lowest BCUT2D eigenvalue weighted by molar-refractivity contribution is 0.0253. The molecule has 7 heteroatoms. The van der Waals surface area contributed by atoms with Gasteiger partial charge in [0, 0.05) is 12.5 Å². The fourth-order valence-corrected chi connectivity index (χ4v) is 4.13. The van der Waals surface area contributed by atoms with Crippen molar-refractivity contribution in [1.29, 1.82) is 0 Å². The van der Waals surface area contributed by atoms with Crippen LogP contribution in [-0.2, 0) is 26.2 Å². The van der Waals surface area contributed by atoms with Crippen LogP contribution in [0.1, 0.15) is 29.0 Å². The van der Waals surface area contributed by atoms with Crippen LogP contribution >= 0.6 is 0 Å². The van der Waals surface area contributed by atoms with Gasteiger partial charge in [-0.2, -0.15) is 8.42 Å². The van der Waals surface area contributed by atoms with E-state index in [1.807, 2.05) is 37.3 Å². The summed E-state index contributed by atoms with van der Waals surface area (Å²) in [5.74, 6) is -0.305. The van der Waals surface area contributed by atoms with E-state index in [1.165, 1.54) is 6.07 Å². The van der Waals surface area contributed by atoms with E-state index < -0.39 is 10.1 Å². The second-order valence-electron chi connectivity index (χ2n) is 7.16. The largest absolute Gasteiger partial charge is 0.376 e. The normalized spacial score (nSPS) is 18.3. The molecule has 1 aliphatic rings. The summed E-state index contributed by atoms with van der Waals surface area (Å²) in [5, 5.41) is 3.25. The SMILES string of the molecule is Cc1ccc(S(=O)(=O)O)c(C(COCc2ccccc2)CO[C@H]2CCNC2)c1. The lowest BCUT2D eigenvalue weighted by Gasteiger charge is -2.22. The van der Waals surface area contributed by atoms with Crippen LogP contribution in [0.3, 0.4) is 0 Å². The smallest absolute Gasteiger partial charge is 0.294 e. The molecular formula is C21H27NO5S. The van der Waals surface area contributed by atoms with Gasteiger partial charge in [0.05, 0.1) is 30.8 Å². The third-order valence-corrected chi connectivity index (χ3v) is 5.79. The van der Waals surface area contributed by atoms with Gasteiger partial charge in [-0.3, -0.25) is 4.55 Å². The standard InChI is InChI=1S/C21H27NO5S/c1-16-7-8-21(28(23,24)25)20(11-16)18(15-27-19-9-10-22-12-19)14-26-13-17-5-3-2-4-6-17/h2-8,11,18-19,22H,9-10,12-15H2,1H3,(H,23,24,25)/t18?,19-/m0/s1. The molecule has 2 aromatic carbocycles. The first-order valence-electron chi connectivity index (χ1n) is 9.45. The average molecular weight is 406 g/mol. The summed E-state index contributed by atoms with van der Waals surface area (Å²) in [5.41, 5.74) is 2.49. The van der Waals surface area contributed by atoms with Gasteiger partial charge in [0.15, 0.2) is 0 Å². The van der Waals surface area contributed by atoms with Crippen LogP contribution in [0.4, 0.5) is 0 Å². The van der Waals surface area contributed by atoms with Crippen LogP contribution in [0.15, 0.2) is 53.4 Å². The van der Waals surface area contributed by atoms with E-state index in [9.17, 15) is 13.0 Å². The molecule has 0 aliphatic carbocycles. The van der Waals surface area contributed by atoms with Gasteiger partial charge in [-0.05, 0) is 37.1 Å². The Balaban J connectivity index is 1.77.